The second-order valence-corrected chi connectivity index (χ2v) is 4.90. The van der Waals surface area contributed by atoms with E-state index < -0.39 is 0 Å². The second kappa shape index (κ2) is 6.24. The van der Waals surface area contributed by atoms with Crippen molar-refractivity contribution in [3.8, 4) is 11.5 Å². The lowest BCUT2D eigenvalue weighted by Crippen LogP contribution is -2.07. The van der Waals surface area contributed by atoms with Gasteiger partial charge in [0.1, 0.15) is 16.5 Å². The largest absolute Gasteiger partial charge is 0.455 e. The Morgan fingerprint density at radius 2 is 2.05 bits per heavy atom. The fourth-order valence-electron chi connectivity index (χ4n) is 1.66. The number of hydrogen-bond donors (Lipinski definition) is 1. The molecule has 19 heavy (non-hydrogen) atoms. The van der Waals surface area contributed by atoms with Crippen molar-refractivity contribution in [3.63, 3.8) is 0 Å². The number of nitrogens with zero attached hydrogens (tertiary/aromatic N) is 1. The SMILES string of the molecule is CNCc1cnc(C)cc1Oc1cccc(Cl)c1Cl. The number of aryl methyl sites for hydroxylation is 1. The van der Waals surface area contributed by atoms with E-state index in [1.165, 1.54) is 0 Å². The van der Waals surface area contributed by atoms with Crippen molar-refractivity contribution in [3.05, 3.63) is 51.8 Å². The summed E-state index contributed by atoms with van der Waals surface area (Å²) in [5, 5.41) is 3.96. The van der Waals surface area contributed by atoms with E-state index in [9.17, 15) is 0 Å². The van der Waals surface area contributed by atoms with Gasteiger partial charge in [-0.15, -0.1) is 0 Å². The maximum Gasteiger partial charge on any atom is 0.147 e. The molecule has 0 aliphatic heterocycles. The van der Waals surface area contributed by atoms with Crippen molar-refractivity contribution in [1.29, 1.82) is 0 Å². The lowest BCUT2D eigenvalue weighted by Gasteiger charge is -2.13. The van der Waals surface area contributed by atoms with Crippen molar-refractivity contribution in [2.24, 2.45) is 0 Å². The number of benzene rings is 1. The first kappa shape index (κ1) is 14.1. The van der Waals surface area contributed by atoms with Gasteiger partial charge in [0.05, 0.1) is 5.02 Å². The molecule has 0 aliphatic carbocycles. The average molecular weight is 297 g/mol. The van der Waals surface area contributed by atoms with Gasteiger partial charge >= 0.3 is 0 Å². The molecule has 0 atom stereocenters. The third kappa shape index (κ3) is 3.38. The lowest BCUT2D eigenvalue weighted by molar-refractivity contribution is 0.473. The third-order valence-electron chi connectivity index (χ3n) is 2.58. The predicted octanol–water partition coefficient (Wildman–Crippen LogP) is 4.21. The monoisotopic (exact) mass is 296 g/mol. The van der Waals surface area contributed by atoms with E-state index in [0.29, 0.717) is 22.3 Å². The first-order chi connectivity index (χ1) is 9.11. The molecule has 0 spiro atoms. The molecule has 0 amide bonds. The number of halogens is 2. The molecule has 0 saturated carbocycles. The number of pyridine rings is 1. The van der Waals surface area contributed by atoms with Gasteiger partial charge in [0.25, 0.3) is 0 Å². The minimum atomic E-state index is 0.411. The summed E-state index contributed by atoms with van der Waals surface area (Å²) < 4.78 is 5.86. The number of hydrogen-bond acceptors (Lipinski definition) is 3. The smallest absolute Gasteiger partial charge is 0.147 e. The highest BCUT2D eigenvalue weighted by Crippen LogP contribution is 2.35. The number of rotatable bonds is 4. The quantitative estimate of drug-likeness (QED) is 0.918. The number of ether oxygens (including phenoxy) is 1. The van der Waals surface area contributed by atoms with E-state index in [1.54, 1.807) is 24.4 Å². The standard InChI is InChI=1S/C14H14Cl2N2O/c1-9-6-13(10(7-17-2)8-18-9)19-12-5-3-4-11(15)14(12)16/h3-6,8,17H,7H2,1-2H3. The van der Waals surface area contributed by atoms with E-state index in [0.717, 1.165) is 17.0 Å². The van der Waals surface area contributed by atoms with Crippen molar-refractivity contribution in [2.45, 2.75) is 13.5 Å². The Morgan fingerprint density at radius 3 is 2.79 bits per heavy atom. The fraction of sp³-hybridized carbons (Fsp3) is 0.214. The molecule has 2 rings (SSSR count). The summed E-state index contributed by atoms with van der Waals surface area (Å²) in [7, 11) is 1.87. The molecule has 0 unspecified atom stereocenters. The fourth-order valence-corrected chi connectivity index (χ4v) is 1.99. The van der Waals surface area contributed by atoms with Crippen LogP contribution in [-0.2, 0) is 6.54 Å². The molecule has 1 N–H and O–H groups in total. The van der Waals surface area contributed by atoms with Gasteiger partial charge in [-0.2, -0.15) is 0 Å². The lowest BCUT2D eigenvalue weighted by atomic mass is 10.2. The summed E-state index contributed by atoms with van der Waals surface area (Å²) in [6, 6.07) is 7.19. The topological polar surface area (TPSA) is 34.2 Å². The molecule has 3 nitrogen and oxygen atoms in total. The van der Waals surface area contributed by atoms with Crippen LogP contribution < -0.4 is 10.1 Å². The highest BCUT2D eigenvalue weighted by Gasteiger charge is 2.10. The first-order valence-corrected chi connectivity index (χ1v) is 6.59. The van der Waals surface area contributed by atoms with Crippen molar-refractivity contribution in [1.82, 2.24) is 10.3 Å². The molecule has 0 radical (unpaired) electrons. The molecule has 1 aromatic carbocycles. The molecule has 0 saturated heterocycles. The van der Waals surface area contributed by atoms with Crippen LogP contribution in [0.2, 0.25) is 10.0 Å². The minimum Gasteiger partial charge on any atom is -0.455 e. The van der Waals surface area contributed by atoms with Crippen molar-refractivity contribution < 1.29 is 4.74 Å². The second-order valence-electron chi connectivity index (χ2n) is 4.12. The van der Waals surface area contributed by atoms with Gasteiger partial charge in [-0.25, -0.2) is 0 Å². The maximum absolute atomic E-state index is 6.12. The van der Waals surface area contributed by atoms with Crippen LogP contribution in [-0.4, -0.2) is 12.0 Å². The predicted molar refractivity (Wildman–Crippen MR) is 78.3 cm³/mol. The van der Waals surface area contributed by atoms with Gasteiger partial charge in [-0.3, -0.25) is 4.98 Å². The van der Waals surface area contributed by atoms with Crippen molar-refractivity contribution in [2.75, 3.05) is 7.05 Å². The zero-order chi connectivity index (χ0) is 13.8. The Labute approximate surface area is 122 Å². The first-order valence-electron chi connectivity index (χ1n) is 5.84. The van der Waals surface area contributed by atoms with E-state index in [1.807, 2.05) is 20.0 Å². The van der Waals surface area contributed by atoms with Crippen LogP contribution in [0.15, 0.2) is 30.5 Å². The van der Waals surface area contributed by atoms with Crippen LogP contribution in [0.5, 0.6) is 11.5 Å². The van der Waals surface area contributed by atoms with Crippen LogP contribution in [0, 0.1) is 6.92 Å². The van der Waals surface area contributed by atoms with Gasteiger partial charge < -0.3 is 10.1 Å². The molecule has 0 fully saturated rings. The van der Waals surface area contributed by atoms with E-state index in [2.05, 4.69) is 10.3 Å². The van der Waals surface area contributed by atoms with Crippen LogP contribution in [0.1, 0.15) is 11.3 Å². The third-order valence-corrected chi connectivity index (χ3v) is 3.39. The molecular weight excluding hydrogens is 283 g/mol. The Kier molecular flexibility index (Phi) is 4.64. The summed E-state index contributed by atoms with van der Waals surface area (Å²) in [4.78, 5) is 4.26. The van der Waals surface area contributed by atoms with Crippen LogP contribution in [0.3, 0.4) is 0 Å². The molecule has 1 aromatic heterocycles. The van der Waals surface area contributed by atoms with Gasteiger partial charge in [-0.1, -0.05) is 29.3 Å². The zero-order valence-electron chi connectivity index (χ0n) is 10.7. The Balaban J connectivity index is 2.36. The molecule has 2 aromatic rings. The summed E-state index contributed by atoms with van der Waals surface area (Å²) >= 11 is 12.1. The molecule has 0 bridgehead atoms. The highest BCUT2D eigenvalue weighted by molar-refractivity contribution is 6.42. The van der Waals surface area contributed by atoms with Crippen molar-refractivity contribution >= 4 is 23.2 Å². The van der Waals surface area contributed by atoms with E-state index in [4.69, 9.17) is 27.9 Å². The van der Waals surface area contributed by atoms with Crippen LogP contribution in [0.25, 0.3) is 0 Å². The summed E-state index contributed by atoms with van der Waals surface area (Å²) in [5.74, 6) is 1.27. The minimum absolute atomic E-state index is 0.411. The molecular formula is C14H14Cl2N2O. The van der Waals surface area contributed by atoms with Gasteiger partial charge in [0.2, 0.25) is 0 Å². The van der Waals surface area contributed by atoms with E-state index >= 15 is 0 Å². The summed E-state index contributed by atoms with van der Waals surface area (Å²) in [6.45, 7) is 2.58. The summed E-state index contributed by atoms with van der Waals surface area (Å²) in [5.41, 5.74) is 1.84. The molecule has 1 heterocycles. The van der Waals surface area contributed by atoms with Gasteiger partial charge in [0, 0.05) is 30.1 Å². The molecule has 5 heteroatoms. The normalized spacial score (nSPS) is 10.5. The number of aromatic nitrogens is 1. The zero-order valence-corrected chi connectivity index (χ0v) is 12.2. The average Bonchev–Trinajstić information content (AvgIpc) is 2.38. The molecule has 100 valence electrons. The molecule has 0 aliphatic rings. The van der Waals surface area contributed by atoms with Gasteiger partial charge in [0.15, 0.2) is 0 Å². The van der Waals surface area contributed by atoms with Gasteiger partial charge in [-0.05, 0) is 26.1 Å². The summed E-state index contributed by atoms with van der Waals surface area (Å²) in [6.07, 6.45) is 1.79. The van der Waals surface area contributed by atoms with Crippen LogP contribution in [0.4, 0.5) is 0 Å². The van der Waals surface area contributed by atoms with E-state index in [-0.39, 0.29) is 0 Å². The Morgan fingerprint density at radius 1 is 1.26 bits per heavy atom. The van der Waals surface area contributed by atoms with Crippen LogP contribution >= 0.6 is 23.2 Å². The Bertz CT molecular complexity index is 588. The Hall–Kier alpha value is -1.29. The number of nitrogens with one attached hydrogen (secondary N) is 1. The maximum atomic E-state index is 6.12. The highest BCUT2D eigenvalue weighted by atomic mass is 35.5.